The number of amides is 2. The maximum atomic E-state index is 12.4. The average Bonchev–Trinajstić information content (AvgIpc) is 3.26. The number of rotatable bonds is 4. The molecule has 1 saturated carbocycles. The van der Waals surface area contributed by atoms with Crippen molar-refractivity contribution in [1.29, 1.82) is 0 Å². The van der Waals surface area contributed by atoms with E-state index in [2.05, 4.69) is 20.7 Å². The number of nitrogens with zero attached hydrogens (tertiary/aromatic N) is 2. The van der Waals surface area contributed by atoms with Crippen LogP contribution in [0.5, 0.6) is 0 Å². The highest BCUT2D eigenvalue weighted by atomic mass is 19.4. The van der Waals surface area contributed by atoms with E-state index < -0.39 is 23.9 Å². The van der Waals surface area contributed by atoms with Crippen molar-refractivity contribution in [1.82, 2.24) is 15.2 Å². The number of halogens is 3. The molecule has 0 atom stereocenters. The van der Waals surface area contributed by atoms with Gasteiger partial charge in [0, 0.05) is 17.2 Å². The highest BCUT2D eigenvalue weighted by molar-refractivity contribution is 6.04. The fourth-order valence-corrected chi connectivity index (χ4v) is 1.95. The van der Waals surface area contributed by atoms with Crippen molar-refractivity contribution < 1.29 is 22.8 Å². The first-order chi connectivity index (χ1) is 11.3. The molecule has 10 heteroatoms. The highest BCUT2D eigenvalue weighted by Gasteiger charge is 2.35. The first kappa shape index (κ1) is 16.0. The summed E-state index contributed by atoms with van der Waals surface area (Å²) in [6.07, 6.45) is -2.99. The van der Waals surface area contributed by atoms with Gasteiger partial charge >= 0.3 is 6.18 Å². The normalized spacial score (nSPS) is 14.3. The van der Waals surface area contributed by atoms with Gasteiger partial charge in [0.05, 0.1) is 0 Å². The lowest BCUT2D eigenvalue weighted by Crippen LogP contribution is -2.16. The molecule has 0 spiro atoms. The Bertz CT molecular complexity index is 783. The summed E-state index contributed by atoms with van der Waals surface area (Å²) in [7, 11) is 0. The van der Waals surface area contributed by atoms with Gasteiger partial charge in [-0.1, -0.05) is 6.07 Å². The van der Waals surface area contributed by atoms with Crippen molar-refractivity contribution in [2.24, 2.45) is 5.92 Å². The van der Waals surface area contributed by atoms with Crippen LogP contribution in [0.15, 0.2) is 24.3 Å². The Morgan fingerprint density at radius 3 is 2.58 bits per heavy atom. The Morgan fingerprint density at radius 1 is 1.21 bits per heavy atom. The summed E-state index contributed by atoms with van der Waals surface area (Å²) >= 11 is 0. The monoisotopic (exact) mass is 339 g/mol. The van der Waals surface area contributed by atoms with Gasteiger partial charge in [0.25, 0.3) is 5.91 Å². The Hall–Kier alpha value is -2.91. The average molecular weight is 339 g/mol. The van der Waals surface area contributed by atoms with Gasteiger partial charge in [-0.2, -0.15) is 18.2 Å². The van der Waals surface area contributed by atoms with Crippen molar-refractivity contribution in [3.8, 4) is 0 Å². The van der Waals surface area contributed by atoms with Gasteiger partial charge in [0.1, 0.15) is 0 Å². The summed E-state index contributed by atoms with van der Waals surface area (Å²) in [5, 5.41) is 9.84. The quantitative estimate of drug-likeness (QED) is 0.796. The zero-order valence-electron chi connectivity index (χ0n) is 12.1. The first-order valence-electron chi connectivity index (χ1n) is 7.05. The van der Waals surface area contributed by atoms with E-state index in [0.29, 0.717) is 5.69 Å². The molecule has 0 unspecified atom stereocenters. The molecule has 2 amide bonds. The molecule has 0 bridgehead atoms. The Balaban J connectivity index is 1.68. The number of nitrogens with one attached hydrogen (secondary N) is 3. The molecule has 1 fully saturated rings. The fourth-order valence-electron chi connectivity index (χ4n) is 1.95. The number of hydrogen-bond acceptors (Lipinski definition) is 4. The third-order valence-electron chi connectivity index (χ3n) is 3.32. The second-order valence-electron chi connectivity index (χ2n) is 5.30. The van der Waals surface area contributed by atoms with E-state index in [0.717, 1.165) is 12.8 Å². The van der Waals surface area contributed by atoms with Crippen molar-refractivity contribution in [3.63, 3.8) is 0 Å². The molecule has 7 nitrogen and oxygen atoms in total. The molecular formula is C14H12F3N5O2. The molecule has 24 heavy (non-hydrogen) atoms. The number of benzene rings is 1. The molecule has 1 aromatic carbocycles. The lowest BCUT2D eigenvalue weighted by molar-refractivity contribution is -0.144. The zero-order chi connectivity index (χ0) is 17.3. The number of aromatic nitrogens is 3. The lowest BCUT2D eigenvalue weighted by Gasteiger charge is -2.06. The van der Waals surface area contributed by atoms with E-state index in [1.807, 2.05) is 0 Å². The number of carbonyl (C=O) groups is 2. The van der Waals surface area contributed by atoms with Gasteiger partial charge in [-0.15, -0.1) is 5.10 Å². The predicted octanol–water partition coefficient (Wildman–Crippen LogP) is 2.42. The van der Waals surface area contributed by atoms with Crippen LogP contribution in [0.3, 0.4) is 0 Å². The van der Waals surface area contributed by atoms with Crippen LogP contribution in [0.4, 0.5) is 24.8 Å². The minimum absolute atomic E-state index is 0.0107. The molecule has 1 aliphatic rings. The number of aromatic amines is 1. The van der Waals surface area contributed by atoms with Crippen molar-refractivity contribution in [3.05, 3.63) is 35.7 Å². The molecule has 0 aliphatic heterocycles. The standard InChI is InChI=1S/C14H12F3N5O2/c15-14(16,17)12-20-13(22-21-12)19-11(24)8-2-1-3-9(6-8)18-10(23)7-4-5-7/h1-3,6-7H,4-5H2,(H,18,23)(H2,19,20,21,22,24). The lowest BCUT2D eigenvalue weighted by atomic mass is 10.2. The molecule has 1 aromatic heterocycles. The summed E-state index contributed by atoms with van der Waals surface area (Å²) in [6, 6.07) is 6.05. The van der Waals surface area contributed by atoms with Gasteiger partial charge in [0.2, 0.25) is 17.7 Å². The van der Waals surface area contributed by atoms with Crippen molar-refractivity contribution in [2.75, 3.05) is 10.6 Å². The van der Waals surface area contributed by atoms with Crippen molar-refractivity contribution >= 4 is 23.5 Å². The number of alkyl halides is 3. The maximum absolute atomic E-state index is 12.4. The molecule has 0 radical (unpaired) electrons. The zero-order valence-corrected chi connectivity index (χ0v) is 12.1. The second kappa shape index (κ2) is 5.95. The van der Waals surface area contributed by atoms with E-state index in [1.54, 1.807) is 17.2 Å². The van der Waals surface area contributed by atoms with Crippen LogP contribution in [0.2, 0.25) is 0 Å². The smallest absolute Gasteiger partial charge is 0.326 e. The molecule has 1 aliphatic carbocycles. The molecule has 2 aromatic rings. The van der Waals surface area contributed by atoms with Crippen LogP contribution in [0, 0.1) is 5.92 Å². The van der Waals surface area contributed by atoms with Gasteiger partial charge in [-0.25, -0.2) is 0 Å². The minimum Gasteiger partial charge on any atom is -0.326 e. The van der Waals surface area contributed by atoms with Gasteiger partial charge in [-0.3, -0.25) is 20.0 Å². The number of hydrogen-bond donors (Lipinski definition) is 3. The number of carbonyl (C=O) groups excluding carboxylic acids is 2. The molecule has 3 N–H and O–H groups in total. The summed E-state index contributed by atoms with van der Waals surface area (Å²) in [6.45, 7) is 0. The fraction of sp³-hybridized carbons (Fsp3) is 0.286. The van der Waals surface area contributed by atoms with Gasteiger partial charge in [-0.05, 0) is 31.0 Å². The van der Waals surface area contributed by atoms with Gasteiger partial charge < -0.3 is 5.32 Å². The first-order valence-corrected chi connectivity index (χ1v) is 7.05. The van der Waals surface area contributed by atoms with Crippen LogP contribution in [-0.4, -0.2) is 27.0 Å². The Labute approximate surface area is 133 Å². The van der Waals surface area contributed by atoms with Crippen LogP contribution in [0.25, 0.3) is 0 Å². The summed E-state index contributed by atoms with van der Waals surface area (Å²) < 4.78 is 37.3. The summed E-state index contributed by atoms with van der Waals surface area (Å²) in [5.74, 6) is -2.58. The van der Waals surface area contributed by atoms with Crippen LogP contribution < -0.4 is 10.6 Å². The summed E-state index contributed by atoms with van der Waals surface area (Å²) in [4.78, 5) is 26.9. The second-order valence-corrected chi connectivity index (χ2v) is 5.30. The number of H-pyrrole nitrogens is 1. The Morgan fingerprint density at radius 2 is 1.96 bits per heavy atom. The summed E-state index contributed by atoms with van der Waals surface area (Å²) in [5.41, 5.74) is 0.590. The molecule has 0 saturated heterocycles. The third-order valence-corrected chi connectivity index (χ3v) is 3.32. The number of anilines is 2. The van der Waals surface area contributed by atoms with Crippen molar-refractivity contribution in [2.45, 2.75) is 19.0 Å². The van der Waals surface area contributed by atoms with Crippen LogP contribution >= 0.6 is 0 Å². The SMILES string of the molecule is O=C(Nc1n[nH]c(C(F)(F)F)n1)c1cccc(NC(=O)C2CC2)c1. The third kappa shape index (κ3) is 3.70. The van der Waals surface area contributed by atoms with E-state index >= 15 is 0 Å². The van der Waals surface area contributed by atoms with E-state index in [1.165, 1.54) is 12.1 Å². The Kier molecular flexibility index (Phi) is 3.96. The van der Waals surface area contributed by atoms with E-state index in [9.17, 15) is 22.8 Å². The van der Waals surface area contributed by atoms with Crippen LogP contribution in [-0.2, 0) is 11.0 Å². The molecule has 1 heterocycles. The molecule has 3 rings (SSSR count). The van der Waals surface area contributed by atoms with E-state index in [-0.39, 0.29) is 17.4 Å². The molecule has 126 valence electrons. The van der Waals surface area contributed by atoms with Gasteiger partial charge in [0.15, 0.2) is 0 Å². The largest absolute Gasteiger partial charge is 0.451 e. The molecular weight excluding hydrogens is 327 g/mol. The topological polar surface area (TPSA) is 99.8 Å². The van der Waals surface area contributed by atoms with E-state index in [4.69, 9.17) is 0 Å². The minimum atomic E-state index is -4.68. The highest BCUT2D eigenvalue weighted by Crippen LogP contribution is 2.30. The maximum Gasteiger partial charge on any atom is 0.451 e. The van der Waals surface area contributed by atoms with Crippen LogP contribution in [0.1, 0.15) is 29.0 Å². The predicted molar refractivity (Wildman–Crippen MR) is 77.1 cm³/mol.